The van der Waals surface area contributed by atoms with Crippen LogP contribution in [0.1, 0.15) is 27.7 Å². The molecule has 22 heavy (non-hydrogen) atoms. The zero-order valence-corrected chi connectivity index (χ0v) is 13.6. The minimum absolute atomic E-state index is 0.492. The number of nitrogens with zero attached hydrogens (tertiary/aromatic N) is 1. The lowest BCUT2D eigenvalue weighted by Gasteiger charge is -2.32. The monoisotopic (exact) mass is 321 g/mol. The molecule has 5 nitrogen and oxygen atoms in total. The van der Waals surface area contributed by atoms with Crippen LogP contribution in [-0.4, -0.2) is 34.1 Å². The third-order valence-corrected chi connectivity index (χ3v) is 4.75. The summed E-state index contributed by atoms with van der Waals surface area (Å²) in [7, 11) is -0.633. The third-order valence-electron chi connectivity index (χ3n) is 4.51. The first-order valence-electron chi connectivity index (χ1n) is 7.02. The molecule has 1 aromatic carbocycles. The predicted octanol–water partition coefficient (Wildman–Crippen LogP) is 3.12. The van der Waals surface area contributed by atoms with Crippen molar-refractivity contribution in [3.63, 3.8) is 0 Å². The number of hydrogen-bond donors (Lipinski definition) is 1. The van der Waals surface area contributed by atoms with Gasteiger partial charge in [-0.15, -0.1) is 0 Å². The summed E-state index contributed by atoms with van der Waals surface area (Å²) < 4.78 is 13.2. The van der Waals surface area contributed by atoms with Crippen LogP contribution in [0.2, 0.25) is 5.02 Å². The van der Waals surface area contributed by atoms with Gasteiger partial charge in [-0.2, -0.15) is 0 Å². The van der Waals surface area contributed by atoms with Crippen LogP contribution in [0.4, 0.5) is 4.79 Å². The Hall–Kier alpha value is -1.50. The summed E-state index contributed by atoms with van der Waals surface area (Å²) in [5, 5.41) is 10.6. The van der Waals surface area contributed by atoms with Crippen molar-refractivity contribution in [2.75, 3.05) is 0 Å². The largest absolute Gasteiger partial charge is 0.497 e. The molecule has 0 saturated carbocycles. The Morgan fingerprint density at radius 3 is 2.36 bits per heavy atom. The summed E-state index contributed by atoms with van der Waals surface area (Å²) in [6, 6.07) is 5.08. The third kappa shape index (κ3) is 2.22. The van der Waals surface area contributed by atoms with E-state index in [0.717, 1.165) is 4.57 Å². The number of halogens is 1. The van der Waals surface area contributed by atoms with E-state index in [1.807, 2.05) is 27.7 Å². The minimum Gasteiger partial charge on any atom is -0.464 e. The molecule has 0 aliphatic carbocycles. The van der Waals surface area contributed by atoms with Crippen LogP contribution in [-0.2, 0) is 9.31 Å². The molecular weight excluding hydrogens is 304 g/mol. The van der Waals surface area contributed by atoms with Gasteiger partial charge in [0.2, 0.25) is 0 Å². The van der Waals surface area contributed by atoms with Gasteiger partial charge in [0, 0.05) is 22.1 Å². The van der Waals surface area contributed by atoms with Gasteiger partial charge in [0.1, 0.15) is 0 Å². The first kappa shape index (κ1) is 15.4. The van der Waals surface area contributed by atoms with Crippen molar-refractivity contribution in [1.82, 2.24) is 4.57 Å². The highest BCUT2D eigenvalue weighted by Crippen LogP contribution is 2.37. The average molecular weight is 322 g/mol. The van der Waals surface area contributed by atoms with Crippen molar-refractivity contribution in [3.05, 3.63) is 29.4 Å². The number of benzene rings is 1. The number of carbonyl (C=O) groups is 1. The summed E-state index contributed by atoms with van der Waals surface area (Å²) >= 11 is 6.06. The highest BCUT2D eigenvalue weighted by molar-refractivity contribution is 6.65. The number of carboxylic acid groups (broad SMARTS) is 1. The van der Waals surface area contributed by atoms with Crippen LogP contribution in [0, 0.1) is 0 Å². The average Bonchev–Trinajstić information content (AvgIpc) is 2.84. The second-order valence-corrected chi connectivity index (χ2v) is 6.92. The number of fused-ring (bicyclic) bond motifs is 1. The first-order valence-corrected chi connectivity index (χ1v) is 7.40. The van der Waals surface area contributed by atoms with E-state index >= 15 is 0 Å². The summed E-state index contributed by atoms with van der Waals surface area (Å²) in [4.78, 5) is 11.4. The molecule has 0 radical (unpaired) electrons. The summed E-state index contributed by atoms with van der Waals surface area (Å²) in [6.45, 7) is 7.82. The molecule has 1 fully saturated rings. The Labute approximate surface area is 133 Å². The van der Waals surface area contributed by atoms with Crippen molar-refractivity contribution in [3.8, 4) is 0 Å². The molecule has 0 spiro atoms. The fourth-order valence-corrected chi connectivity index (χ4v) is 2.72. The molecule has 0 unspecified atom stereocenters. The van der Waals surface area contributed by atoms with Crippen molar-refractivity contribution >= 4 is 41.2 Å². The van der Waals surface area contributed by atoms with Gasteiger partial charge < -0.3 is 14.4 Å². The number of hydrogen-bond acceptors (Lipinski definition) is 3. The van der Waals surface area contributed by atoms with Crippen molar-refractivity contribution in [1.29, 1.82) is 0 Å². The van der Waals surface area contributed by atoms with Crippen LogP contribution in [0.25, 0.3) is 10.9 Å². The molecular formula is C15H17BClNO4. The number of aromatic nitrogens is 1. The van der Waals surface area contributed by atoms with E-state index in [1.165, 1.54) is 6.20 Å². The fraction of sp³-hybridized carbons (Fsp3) is 0.400. The Morgan fingerprint density at radius 1 is 1.23 bits per heavy atom. The van der Waals surface area contributed by atoms with Gasteiger partial charge in [-0.05, 0) is 45.9 Å². The van der Waals surface area contributed by atoms with E-state index in [9.17, 15) is 9.90 Å². The van der Waals surface area contributed by atoms with Gasteiger partial charge in [0.25, 0.3) is 0 Å². The van der Waals surface area contributed by atoms with Gasteiger partial charge in [0.05, 0.1) is 16.7 Å². The summed E-state index contributed by atoms with van der Waals surface area (Å²) in [5.74, 6) is 0. The van der Waals surface area contributed by atoms with Crippen LogP contribution in [0.5, 0.6) is 0 Å². The van der Waals surface area contributed by atoms with Gasteiger partial charge in [-0.3, -0.25) is 4.57 Å². The van der Waals surface area contributed by atoms with Crippen LogP contribution < -0.4 is 5.46 Å². The minimum atomic E-state index is -1.06. The maximum atomic E-state index is 11.4. The Balaban J connectivity index is 2.16. The molecule has 1 aliphatic heterocycles. The lowest BCUT2D eigenvalue weighted by atomic mass is 9.79. The Kier molecular flexibility index (Phi) is 3.32. The topological polar surface area (TPSA) is 60.7 Å². The van der Waals surface area contributed by atoms with Crippen LogP contribution in [0.3, 0.4) is 0 Å². The van der Waals surface area contributed by atoms with E-state index in [0.29, 0.717) is 21.4 Å². The Morgan fingerprint density at radius 2 is 1.82 bits per heavy atom. The van der Waals surface area contributed by atoms with E-state index in [1.54, 1.807) is 18.2 Å². The lowest BCUT2D eigenvalue weighted by molar-refractivity contribution is 0.00578. The van der Waals surface area contributed by atoms with E-state index in [2.05, 4.69) is 0 Å². The van der Waals surface area contributed by atoms with Gasteiger partial charge >= 0.3 is 13.2 Å². The zero-order chi connectivity index (χ0) is 16.3. The van der Waals surface area contributed by atoms with Crippen molar-refractivity contribution in [2.24, 2.45) is 0 Å². The van der Waals surface area contributed by atoms with Gasteiger partial charge in [0.15, 0.2) is 0 Å². The summed E-state index contributed by atoms with van der Waals surface area (Å²) in [6.07, 6.45) is 0.473. The Bertz CT molecular complexity index is 752. The molecule has 1 saturated heterocycles. The molecule has 3 rings (SSSR count). The SMILES string of the molecule is CC1(C)OB(c2cn(C(=O)O)c3ccc(Cl)cc23)OC1(C)C. The van der Waals surface area contributed by atoms with E-state index in [-0.39, 0.29) is 0 Å². The molecule has 1 aliphatic rings. The maximum Gasteiger partial charge on any atom is 0.497 e. The zero-order valence-electron chi connectivity index (χ0n) is 12.9. The first-order chi connectivity index (χ1) is 10.1. The quantitative estimate of drug-likeness (QED) is 0.820. The molecule has 1 aromatic heterocycles. The maximum absolute atomic E-state index is 11.4. The molecule has 116 valence electrons. The highest BCUT2D eigenvalue weighted by Gasteiger charge is 2.52. The number of rotatable bonds is 1. The molecule has 2 aromatic rings. The van der Waals surface area contributed by atoms with Crippen LogP contribution >= 0.6 is 11.6 Å². The fourth-order valence-electron chi connectivity index (χ4n) is 2.54. The standard InChI is InChI=1S/C15H17BClNO4/c1-14(2)15(3,4)22-16(21-14)11-8-18(13(19)20)12-6-5-9(17)7-10(11)12/h5-8H,1-4H3,(H,19,20). The molecule has 0 atom stereocenters. The molecule has 2 heterocycles. The molecule has 0 bridgehead atoms. The lowest BCUT2D eigenvalue weighted by Crippen LogP contribution is -2.41. The van der Waals surface area contributed by atoms with E-state index < -0.39 is 24.4 Å². The normalized spacial score (nSPS) is 19.8. The van der Waals surface area contributed by atoms with Gasteiger partial charge in [-0.1, -0.05) is 11.6 Å². The molecule has 0 amide bonds. The van der Waals surface area contributed by atoms with Crippen LogP contribution in [0.15, 0.2) is 24.4 Å². The predicted molar refractivity (Wildman–Crippen MR) is 86.1 cm³/mol. The van der Waals surface area contributed by atoms with Gasteiger partial charge in [-0.25, -0.2) is 4.79 Å². The van der Waals surface area contributed by atoms with E-state index in [4.69, 9.17) is 20.9 Å². The second-order valence-electron chi connectivity index (χ2n) is 6.49. The smallest absolute Gasteiger partial charge is 0.464 e. The van der Waals surface area contributed by atoms with Crippen molar-refractivity contribution in [2.45, 2.75) is 38.9 Å². The van der Waals surface area contributed by atoms with Crippen molar-refractivity contribution < 1.29 is 19.2 Å². The highest BCUT2D eigenvalue weighted by atomic mass is 35.5. The molecule has 1 N–H and O–H groups in total. The second kappa shape index (κ2) is 4.75. The summed E-state index contributed by atoms with van der Waals surface area (Å²) in [5.41, 5.74) is 0.238. The molecule has 7 heteroatoms.